The van der Waals surface area contributed by atoms with E-state index in [0.29, 0.717) is 5.95 Å². The van der Waals surface area contributed by atoms with E-state index in [4.69, 9.17) is 9.97 Å². The number of benzene rings is 3. The summed E-state index contributed by atoms with van der Waals surface area (Å²) in [5, 5.41) is 5.53. The third-order valence-electron chi connectivity index (χ3n) is 5.08. The molecular weight excluding hydrogens is 372 g/mol. The molecule has 6 nitrogen and oxygen atoms in total. The lowest BCUT2D eigenvalue weighted by Gasteiger charge is -2.09. The molecular formula is C24H20N6. The average Bonchev–Trinajstić information content (AvgIpc) is 3.14. The van der Waals surface area contributed by atoms with Gasteiger partial charge in [0.25, 0.3) is 0 Å². The van der Waals surface area contributed by atoms with Gasteiger partial charge in [-0.15, -0.1) is 0 Å². The number of hydrogen-bond acceptors (Lipinski definition) is 5. The van der Waals surface area contributed by atoms with Crippen LogP contribution in [0.3, 0.4) is 0 Å². The average molecular weight is 392 g/mol. The summed E-state index contributed by atoms with van der Waals surface area (Å²) in [5.74, 6) is 1.25. The molecule has 146 valence electrons. The van der Waals surface area contributed by atoms with E-state index >= 15 is 0 Å². The maximum absolute atomic E-state index is 4.75. The third kappa shape index (κ3) is 3.18. The van der Waals surface area contributed by atoms with E-state index in [1.165, 1.54) is 0 Å². The molecule has 5 aromatic rings. The fourth-order valence-corrected chi connectivity index (χ4v) is 3.60. The monoisotopic (exact) mass is 392 g/mol. The van der Waals surface area contributed by atoms with Gasteiger partial charge in [-0.1, -0.05) is 60.7 Å². The van der Waals surface area contributed by atoms with Crippen LogP contribution in [0.4, 0.5) is 5.95 Å². The zero-order valence-electron chi connectivity index (χ0n) is 16.7. The molecule has 0 aliphatic carbocycles. The van der Waals surface area contributed by atoms with Crippen molar-refractivity contribution < 1.29 is 0 Å². The molecule has 0 amide bonds. The van der Waals surface area contributed by atoms with Crippen LogP contribution in [0.15, 0.2) is 84.0 Å². The topological polar surface area (TPSA) is 68.0 Å². The summed E-state index contributed by atoms with van der Waals surface area (Å²) in [5.41, 5.74) is 8.57. The molecule has 0 saturated heterocycles. The van der Waals surface area contributed by atoms with Gasteiger partial charge in [-0.2, -0.15) is 5.10 Å². The molecule has 0 aliphatic rings. The second-order valence-corrected chi connectivity index (χ2v) is 7.07. The molecule has 2 aromatic heterocycles. The van der Waals surface area contributed by atoms with E-state index in [-0.39, 0.29) is 0 Å². The lowest BCUT2D eigenvalue weighted by atomic mass is 10.1. The fourth-order valence-electron chi connectivity index (χ4n) is 3.60. The maximum Gasteiger partial charge on any atom is 0.244 e. The Morgan fingerprint density at radius 1 is 0.800 bits per heavy atom. The second-order valence-electron chi connectivity index (χ2n) is 7.07. The first kappa shape index (κ1) is 18.0. The minimum Gasteiger partial charge on any atom is -0.326 e. The zero-order chi connectivity index (χ0) is 20.5. The molecule has 3 aromatic carbocycles. The molecule has 0 atom stereocenters. The molecule has 2 heterocycles. The summed E-state index contributed by atoms with van der Waals surface area (Å²) in [6.45, 7) is 1.92. The molecule has 0 unspecified atom stereocenters. The smallest absolute Gasteiger partial charge is 0.244 e. The molecule has 0 radical (unpaired) electrons. The first-order valence-electron chi connectivity index (χ1n) is 9.75. The number of nitrogens with one attached hydrogen (secondary N) is 1. The Morgan fingerprint density at radius 2 is 1.50 bits per heavy atom. The summed E-state index contributed by atoms with van der Waals surface area (Å²) >= 11 is 0. The Morgan fingerprint density at radius 3 is 2.30 bits per heavy atom. The van der Waals surface area contributed by atoms with E-state index in [2.05, 4.69) is 15.5 Å². The molecule has 0 saturated carbocycles. The highest BCUT2D eigenvalue weighted by Gasteiger charge is 2.12. The molecule has 0 fully saturated rings. The SMILES string of the molecule is CC(=NNc1nc(-c2ccccc2)c2ccccc2n1)c1nc2ccccc2n1C. The van der Waals surface area contributed by atoms with Crippen LogP contribution in [-0.4, -0.2) is 25.2 Å². The summed E-state index contributed by atoms with van der Waals surface area (Å²) in [6.07, 6.45) is 0. The largest absolute Gasteiger partial charge is 0.326 e. The number of fused-ring (bicyclic) bond motifs is 2. The molecule has 0 bridgehead atoms. The van der Waals surface area contributed by atoms with Gasteiger partial charge < -0.3 is 4.57 Å². The molecule has 5 rings (SSSR count). The number of imidazole rings is 1. The minimum atomic E-state index is 0.450. The van der Waals surface area contributed by atoms with E-state index in [1.54, 1.807) is 0 Å². The molecule has 0 spiro atoms. The zero-order valence-corrected chi connectivity index (χ0v) is 16.7. The van der Waals surface area contributed by atoms with Gasteiger partial charge >= 0.3 is 0 Å². The number of hydrogen-bond donors (Lipinski definition) is 1. The number of aromatic nitrogens is 4. The number of aryl methyl sites for hydroxylation is 1. The number of para-hydroxylation sites is 3. The van der Waals surface area contributed by atoms with Crippen molar-refractivity contribution in [1.82, 2.24) is 19.5 Å². The Labute approximate surface area is 173 Å². The van der Waals surface area contributed by atoms with Crippen LogP contribution in [-0.2, 0) is 7.05 Å². The van der Waals surface area contributed by atoms with Crippen LogP contribution < -0.4 is 5.43 Å². The molecule has 0 aliphatic heterocycles. The van der Waals surface area contributed by atoms with Gasteiger partial charge in [-0.05, 0) is 25.1 Å². The van der Waals surface area contributed by atoms with E-state index < -0.39 is 0 Å². The molecule has 30 heavy (non-hydrogen) atoms. The predicted molar refractivity (Wildman–Crippen MR) is 122 cm³/mol. The fraction of sp³-hybridized carbons (Fsp3) is 0.0833. The number of rotatable bonds is 4. The van der Waals surface area contributed by atoms with Crippen LogP contribution >= 0.6 is 0 Å². The van der Waals surface area contributed by atoms with Gasteiger partial charge in [0.05, 0.1) is 22.2 Å². The second kappa shape index (κ2) is 7.40. The Bertz CT molecular complexity index is 1390. The van der Waals surface area contributed by atoms with Gasteiger partial charge in [-0.3, -0.25) is 0 Å². The Kier molecular flexibility index (Phi) is 4.44. The maximum atomic E-state index is 4.75. The molecule has 1 N–H and O–H groups in total. The highest BCUT2D eigenvalue weighted by molar-refractivity contribution is 5.99. The van der Waals surface area contributed by atoms with Crippen molar-refractivity contribution in [3.63, 3.8) is 0 Å². The lowest BCUT2D eigenvalue weighted by molar-refractivity contribution is 0.926. The Hall–Kier alpha value is -4.06. The minimum absolute atomic E-state index is 0.450. The number of nitrogens with zero attached hydrogens (tertiary/aromatic N) is 5. The first-order chi connectivity index (χ1) is 14.7. The van der Waals surface area contributed by atoms with Crippen molar-refractivity contribution >= 4 is 33.6 Å². The van der Waals surface area contributed by atoms with Crippen LogP contribution in [0.5, 0.6) is 0 Å². The normalized spacial score (nSPS) is 11.9. The van der Waals surface area contributed by atoms with Crippen molar-refractivity contribution in [3.05, 3.63) is 84.7 Å². The van der Waals surface area contributed by atoms with Crippen LogP contribution in [0.2, 0.25) is 0 Å². The van der Waals surface area contributed by atoms with Gasteiger partial charge in [0, 0.05) is 18.0 Å². The van der Waals surface area contributed by atoms with Crippen molar-refractivity contribution in [3.8, 4) is 11.3 Å². The number of hydrazone groups is 1. The van der Waals surface area contributed by atoms with Crippen molar-refractivity contribution in [2.24, 2.45) is 12.1 Å². The van der Waals surface area contributed by atoms with Crippen LogP contribution in [0.1, 0.15) is 12.7 Å². The van der Waals surface area contributed by atoms with E-state index in [0.717, 1.165) is 44.7 Å². The standard InChI is InChI=1S/C24H20N6/c1-16(23-25-20-14-8-9-15-21(20)30(23)2)28-29-24-26-19-13-7-6-12-18(19)22(27-24)17-10-4-3-5-11-17/h3-15H,1-2H3,(H,26,27,29). The summed E-state index contributed by atoms with van der Waals surface area (Å²) in [7, 11) is 1.99. The Balaban J connectivity index is 1.54. The first-order valence-corrected chi connectivity index (χ1v) is 9.75. The summed E-state index contributed by atoms with van der Waals surface area (Å²) in [4.78, 5) is 14.1. The number of anilines is 1. The predicted octanol–water partition coefficient (Wildman–Crippen LogP) is 5.02. The summed E-state index contributed by atoms with van der Waals surface area (Å²) in [6, 6.07) is 26.1. The third-order valence-corrected chi connectivity index (χ3v) is 5.08. The quantitative estimate of drug-likeness (QED) is 0.344. The van der Waals surface area contributed by atoms with Crippen molar-refractivity contribution in [2.45, 2.75) is 6.92 Å². The van der Waals surface area contributed by atoms with Crippen LogP contribution in [0.25, 0.3) is 33.2 Å². The van der Waals surface area contributed by atoms with Crippen molar-refractivity contribution in [1.29, 1.82) is 0 Å². The van der Waals surface area contributed by atoms with E-state index in [1.807, 2.05) is 97.4 Å². The highest BCUT2D eigenvalue weighted by atomic mass is 15.4. The highest BCUT2D eigenvalue weighted by Crippen LogP contribution is 2.27. The van der Waals surface area contributed by atoms with Gasteiger partial charge in [0.1, 0.15) is 5.71 Å². The molecule has 6 heteroatoms. The van der Waals surface area contributed by atoms with Crippen molar-refractivity contribution in [2.75, 3.05) is 5.43 Å². The van der Waals surface area contributed by atoms with Gasteiger partial charge in [0.15, 0.2) is 5.82 Å². The van der Waals surface area contributed by atoms with E-state index in [9.17, 15) is 0 Å². The summed E-state index contributed by atoms with van der Waals surface area (Å²) < 4.78 is 2.03. The van der Waals surface area contributed by atoms with Crippen LogP contribution in [0, 0.1) is 0 Å². The van der Waals surface area contributed by atoms with Gasteiger partial charge in [0.2, 0.25) is 5.95 Å². The lowest BCUT2D eigenvalue weighted by Crippen LogP contribution is -2.08. The van der Waals surface area contributed by atoms with Gasteiger partial charge in [-0.25, -0.2) is 20.4 Å².